The molecule has 5 rings (SSSR count). The van der Waals surface area contributed by atoms with Gasteiger partial charge in [0.25, 0.3) is 5.69 Å². The molecular formula is C34H38N2O8. The molecule has 1 N–H and O–H groups in total. The second-order valence-corrected chi connectivity index (χ2v) is 13.5. The summed E-state index contributed by atoms with van der Waals surface area (Å²) in [5, 5.41) is 20.5. The van der Waals surface area contributed by atoms with Crippen LogP contribution in [0.3, 0.4) is 0 Å². The average Bonchev–Trinajstić information content (AvgIpc) is 2.93. The summed E-state index contributed by atoms with van der Waals surface area (Å²) in [4.78, 5) is 52.0. The van der Waals surface area contributed by atoms with Gasteiger partial charge in [0.15, 0.2) is 23.1 Å². The lowest BCUT2D eigenvalue weighted by Gasteiger charge is -2.49. The predicted octanol–water partition coefficient (Wildman–Crippen LogP) is 6.34. The first-order valence-electron chi connectivity index (χ1n) is 14.8. The van der Waals surface area contributed by atoms with E-state index in [-0.39, 0.29) is 47.7 Å². The Balaban J connectivity index is 1.58. The smallest absolute Gasteiger partial charge is 0.305 e. The zero-order valence-corrected chi connectivity index (χ0v) is 25.8. The van der Waals surface area contributed by atoms with Crippen LogP contribution < -0.4 is 9.47 Å². The van der Waals surface area contributed by atoms with Gasteiger partial charge in [0.1, 0.15) is 6.61 Å². The van der Waals surface area contributed by atoms with Crippen molar-refractivity contribution in [2.45, 2.75) is 72.3 Å². The average molecular weight is 603 g/mol. The lowest BCUT2D eigenvalue weighted by molar-refractivity contribution is -0.384. The van der Waals surface area contributed by atoms with Crippen LogP contribution in [0.2, 0.25) is 0 Å². The number of hydrogen-bond acceptors (Lipinski definition) is 8. The Bertz CT molecular complexity index is 1550. The molecule has 0 spiro atoms. The summed E-state index contributed by atoms with van der Waals surface area (Å²) in [6.07, 6.45) is 1.71. The largest absolute Gasteiger partial charge is 0.493 e. The summed E-state index contributed by atoms with van der Waals surface area (Å²) >= 11 is 0. The van der Waals surface area contributed by atoms with Gasteiger partial charge in [-0.05, 0) is 59.1 Å². The normalized spacial score (nSPS) is 19.4. The van der Waals surface area contributed by atoms with Crippen molar-refractivity contribution in [1.29, 1.82) is 0 Å². The third-order valence-corrected chi connectivity index (χ3v) is 8.63. The van der Waals surface area contributed by atoms with Gasteiger partial charge in [-0.15, -0.1) is 0 Å². The van der Waals surface area contributed by atoms with Crippen molar-refractivity contribution in [2.24, 2.45) is 10.8 Å². The Kier molecular flexibility index (Phi) is 8.13. The number of non-ortho nitro benzene ring substituents is 1. The molecular weight excluding hydrogens is 564 g/mol. The third-order valence-electron chi connectivity index (χ3n) is 8.63. The van der Waals surface area contributed by atoms with Crippen LogP contribution in [0.1, 0.15) is 76.8 Å². The summed E-state index contributed by atoms with van der Waals surface area (Å²) in [5.74, 6) is -0.746. The second-order valence-electron chi connectivity index (χ2n) is 13.5. The monoisotopic (exact) mass is 602 g/mol. The summed E-state index contributed by atoms with van der Waals surface area (Å²) in [6, 6.07) is 11.5. The maximum absolute atomic E-state index is 13.9. The minimum atomic E-state index is -0.937. The molecule has 0 radical (unpaired) electrons. The number of methoxy groups -OCH3 is 1. The number of ether oxygens (including phenoxy) is 2. The highest BCUT2D eigenvalue weighted by Crippen LogP contribution is 2.55. The molecule has 0 saturated carbocycles. The van der Waals surface area contributed by atoms with Crippen LogP contribution in [-0.2, 0) is 21.0 Å². The molecule has 2 aromatic rings. The quantitative estimate of drug-likeness (QED) is 0.257. The molecule has 44 heavy (non-hydrogen) atoms. The minimum Gasteiger partial charge on any atom is -0.493 e. The van der Waals surface area contributed by atoms with E-state index < -0.39 is 16.8 Å². The standard InChI is InChI=1S/C34H38N2O8/c1-33(2)15-23-31(25(37)17-33)30(32-24(35(23)13-12-29(39)40)16-34(3,4)18-26(32)38)21-8-11-27(28(14-21)43-5)44-19-20-6-9-22(10-7-20)36(41)42/h6-11,14,30H,12-13,15-19H2,1-5H3,(H,39,40). The van der Waals surface area contributed by atoms with E-state index in [9.17, 15) is 29.6 Å². The van der Waals surface area contributed by atoms with E-state index in [0.29, 0.717) is 48.3 Å². The molecule has 0 amide bonds. The van der Waals surface area contributed by atoms with Crippen LogP contribution in [0.25, 0.3) is 0 Å². The van der Waals surface area contributed by atoms with Crippen LogP contribution >= 0.6 is 0 Å². The number of carbonyl (C=O) groups is 3. The summed E-state index contributed by atoms with van der Waals surface area (Å²) < 4.78 is 11.7. The Morgan fingerprint density at radius 1 is 0.932 bits per heavy atom. The molecule has 0 atom stereocenters. The summed E-state index contributed by atoms with van der Waals surface area (Å²) in [5.41, 5.74) is 3.55. The maximum atomic E-state index is 13.9. The second kappa shape index (κ2) is 11.6. The van der Waals surface area contributed by atoms with E-state index in [1.54, 1.807) is 24.3 Å². The summed E-state index contributed by atoms with van der Waals surface area (Å²) in [7, 11) is 1.52. The van der Waals surface area contributed by atoms with Crippen LogP contribution in [0.4, 0.5) is 5.69 Å². The zero-order valence-electron chi connectivity index (χ0n) is 25.8. The van der Waals surface area contributed by atoms with Gasteiger partial charge in [0.2, 0.25) is 0 Å². The lowest BCUT2D eigenvalue weighted by Crippen LogP contribution is -2.45. The van der Waals surface area contributed by atoms with Crippen molar-refractivity contribution in [3.05, 3.63) is 86.2 Å². The van der Waals surface area contributed by atoms with Crippen LogP contribution in [-0.4, -0.2) is 46.1 Å². The number of nitro groups is 1. The molecule has 10 heteroatoms. The molecule has 0 unspecified atom stereocenters. The molecule has 1 aliphatic heterocycles. The van der Waals surface area contributed by atoms with Gasteiger partial charge < -0.3 is 19.5 Å². The number of hydrogen-bond donors (Lipinski definition) is 1. The van der Waals surface area contributed by atoms with Crippen molar-refractivity contribution in [1.82, 2.24) is 4.90 Å². The number of carbonyl (C=O) groups excluding carboxylic acids is 2. The van der Waals surface area contributed by atoms with E-state index in [2.05, 4.69) is 0 Å². The van der Waals surface area contributed by atoms with Gasteiger partial charge in [-0.3, -0.25) is 24.5 Å². The SMILES string of the molecule is COc1cc(C2C3=C(CC(C)(C)CC3=O)N(CCC(=O)O)C3=C2C(=O)CC(C)(C)C3)ccc1OCc1ccc([N+](=O)[O-])cc1. The predicted molar refractivity (Wildman–Crippen MR) is 162 cm³/mol. The first-order chi connectivity index (χ1) is 20.7. The molecule has 3 aliphatic rings. The highest BCUT2D eigenvalue weighted by molar-refractivity contribution is 6.06. The number of allylic oxidation sites excluding steroid dienone is 4. The number of aliphatic carboxylic acids is 1. The fourth-order valence-corrected chi connectivity index (χ4v) is 6.72. The Labute approximate surface area is 256 Å². The number of Topliss-reactive ketones (excluding diaryl/α,β-unsaturated/α-hetero) is 2. The van der Waals surface area contributed by atoms with Crippen molar-refractivity contribution >= 4 is 23.2 Å². The maximum Gasteiger partial charge on any atom is 0.305 e. The number of nitrogens with zero attached hydrogens (tertiary/aromatic N) is 2. The molecule has 232 valence electrons. The fourth-order valence-electron chi connectivity index (χ4n) is 6.72. The number of carboxylic acid groups (broad SMARTS) is 1. The first-order valence-corrected chi connectivity index (χ1v) is 14.8. The van der Waals surface area contributed by atoms with E-state index in [4.69, 9.17) is 9.47 Å². The van der Waals surface area contributed by atoms with E-state index in [1.807, 2.05) is 38.7 Å². The van der Waals surface area contributed by atoms with E-state index >= 15 is 0 Å². The first kappa shape index (κ1) is 31.0. The third kappa shape index (κ3) is 6.11. The van der Waals surface area contributed by atoms with E-state index in [0.717, 1.165) is 22.5 Å². The fraction of sp³-hybridized carbons (Fsp3) is 0.441. The number of benzene rings is 2. The number of carboxylic acids is 1. The Morgan fingerprint density at radius 3 is 2.00 bits per heavy atom. The molecule has 0 fully saturated rings. The van der Waals surface area contributed by atoms with Gasteiger partial charge >= 0.3 is 5.97 Å². The molecule has 10 nitrogen and oxygen atoms in total. The topological polar surface area (TPSA) is 136 Å². The minimum absolute atomic E-state index is 0.00617. The van der Waals surface area contributed by atoms with Crippen LogP contribution in [0.15, 0.2) is 65.0 Å². The molecule has 1 heterocycles. The molecule has 0 bridgehead atoms. The van der Waals surface area contributed by atoms with Crippen molar-refractivity contribution < 1.29 is 33.9 Å². The van der Waals surface area contributed by atoms with Crippen molar-refractivity contribution in [2.75, 3.05) is 13.7 Å². The number of ketones is 2. The van der Waals surface area contributed by atoms with Crippen molar-refractivity contribution in [3.8, 4) is 11.5 Å². The highest BCUT2D eigenvalue weighted by Gasteiger charge is 2.49. The summed E-state index contributed by atoms with van der Waals surface area (Å²) in [6.45, 7) is 8.50. The lowest BCUT2D eigenvalue weighted by atomic mass is 9.63. The van der Waals surface area contributed by atoms with Crippen LogP contribution in [0, 0.1) is 20.9 Å². The number of rotatable bonds is 9. The van der Waals surface area contributed by atoms with E-state index in [1.165, 1.54) is 19.2 Å². The van der Waals surface area contributed by atoms with Gasteiger partial charge in [-0.2, -0.15) is 0 Å². The Morgan fingerprint density at radius 2 is 1.50 bits per heavy atom. The number of nitro benzene ring substituents is 1. The van der Waals surface area contributed by atoms with Crippen molar-refractivity contribution in [3.63, 3.8) is 0 Å². The molecule has 2 aliphatic carbocycles. The van der Waals surface area contributed by atoms with Gasteiger partial charge in [-0.25, -0.2) is 0 Å². The Hall–Kier alpha value is -4.47. The highest BCUT2D eigenvalue weighted by atomic mass is 16.6. The molecule has 0 saturated heterocycles. The molecule has 0 aromatic heterocycles. The molecule has 2 aromatic carbocycles. The zero-order chi connectivity index (χ0) is 32.0. The van der Waals surface area contributed by atoms with Gasteiger partial charge in [0, 0.05) is 60.0 Å². The van der Waals surface area contributed by atoms with Crippen LogP contribution in [0.5, 0.6) is 11.5 Å². The van der Waals surface area contributed by atoms with Gasteiger partial charge in [0.05, 0.1) is 18.5 Å². The van der Waals surface area contributed by atoms with Gasteiger partial charge in [-0.1, -0.05) is 33.8 Å².